The summed E-state index contributed by atoms with van der Waals surface area (Å²) in [6, 6.07) is 10.0. The smallest absolute Gasteiger partial charge is 0.157 e. The minimum Gasteiger partial charge on any atom is -0.377 e. The molecule has 6 heteroatoms. The highest BCUT2D eigenvalue weighted by Crippen LogP contribution is 2.28. The van der Waals surface area contributed by atoms with Crippen molar-refractivity contribution in [1.29, 1.82) is 0 Å². The molecule has 0 aliphatic rings. The van der Waals surface area contributed by atoms with Gasteiger partial charge in [-0.2, -0.15) is 0 Å². The molecule has 1 aromatic carbocycles. The van der Waals surface area contributed by atoms with Crippen LogP contribution in [-0.4, -0.2) is 24.1 Å². The second-order valence-corrected chi connectivity index (χ2v) is 5.76. The number of anilines is 1. The Balaban J connectivity index is 2.23. The predicted octanol–water partition coefficient (Wildman–Crippen LogP) is 3.58. The molecule has 0 amide bonds. The second kappa shape index (κ2) is 6.88. The molecule has 1 aromatic heterocycles. The number of benzene rings is 1. The summed E-state index contributed by atoms with van der Waals surface area (Å²) >= 11 is 5.02. The van der Waals surface area contributed by atoms with Crippen LogP contribution >= 0.6 is 27.7 Å². The highest BCUT2D eigenvalue weighted by molar-refractivity contribution is 9.10. The molecule has 0 unspecified atom stereocenters. The fourth-order valence-corrected chi connectivity index (χ4v) is 2.57. The molecular formula is C13H14BrN3OS. The van der Waals surface area contributed by atoms with Gasteiger partial charge in [0, 0.05) is 29.6 Å². The zero-order chi connectivity index (χ0) is 13.7. The topological polar surface area (TPSA) is 47.0 Å². The molecule has 0 saturated heterocycles. The third-order valence-electron chi connectivity index (χ3n) is 2.31. The lowest BCUT2D eigenvalue weighted by Gasteiger charge is -2.07. The van der Waals surface area contributed by atoms with Crippen molar-refractivity contribution in [3.8, 4) is 0 Å². The maximum atomic E-state index is 5.08. The van der Waals surface area contributed by atoms with Crippen molar-refractivity contribution in [1.82, 2.24) is 9.97 Å². The van der Waals surface area contributed by atoms with Gasteiger partial charge in [-0.25, -0.2) is 9.97 Å². The summed E-state index contributed by atoms with van der Waals surface area (Å²) in [5, 5.41) is 3.93. The Morgan fingerprint density at radius 2 is 2.00 bits per heavy atom. The van der Waals surface area contributed by atoms with E-state index in [0.717, 1.165) is 20.2 Å². The minimum absolute atomic E-state index is 0.406. The highest BCUT2D eigenvalue weighted by Gasteiger charge is 2.05. The first kappa shape index (κ1) is 14.3. The molecule has 0 atom stereocenters. The number of nitrogens with zero attached hydrogens (tertiary/aromatic N) is 2. The minimum atomic E-state index is 0.406. The van der Waals surface area contributed by atoms with Crippen LogP contribution < -0.4 is 5.32 Å². The summed E-state index contributed by atoms with van der Waals surface area (Å²) in [6.45, 7) is 0.406. The van der Waals surface area contributed by atoms with Crippen molar-refractivity contribution in [2.75, 3.05) is 19.5 Å². The van der Waals surface area contributed by atoms with E-state index in [-0.39, 0.29) is 0 Å². The summed E-state index contributed by atoms with van der Waals surface area (Å²) in [4.78, 5) is 9.93. The van der Waals surface area contributed by atoms with Crippen LogP contribution in [0.15, 0.2) is 44.7 Å². The number of ether oxygens (including phenoxy) is 1. The van der Waals surface area contributed by atoms with Crippen LogP contribution in [0.3, 0.4) is 0 Å². The monoisotopic (exact) mass is 339 g/mol. The van der Waals surface area contributed by atoms with Crippen LogP contribution in [0, 0.1) is 0 Å². The SMILES string of the molecule is CNc1cc(Sc2ccc(Br)cc2)nc(COC)n1. The van der Waals surface area contributed by atoms with Crippen molar-refractivity contribution in [2.24, 2.45) is 0 Å². The lowest BCUT2D eigenvalue weighted by molar-refractivity contribution is 0.177. The van der Waals surface area contributed by atoms with Gasteiger partial charge in [0.05, 0.1) is 0 Å². The van der Waals surface area contributed by atoms with Crippen LogP contribution in [-0.2, 0) is 11.3 Å². The van der Waals surface area contributed by atoms with Gasteiger partial charge >= 0.3 is 0 Å². The van der Waals surface area contributed by atoms with E-state index in [9.17, 15) is 0 Å². The zero-order valence-corrected chi connectivity index (χ0v) is 13.1. The molecule has 0 fully saturated rings. The van der Waals surface area contributed by atoms with Gasteiger partial charge in [0.2, 0.25) is 0 Å². The van der Waals surface area contributed by atoms with Crippen molar-refractivity contribution in [2.45, 2.75) is 16.5 Å². The van der Waals surface area contributed by atoms with Gasteiger partial charge in [0.1, 0.15) is 17.5 Å². The number of aromatic nitrogens is 2. The number of methoxy groups -OCH3 is 1. The van der Waals surface area contributed by atoms with Gasteiger partial charge in [0.25, 0.3) is 0 Å². The summed E-state index contributed by atoms with van der Waals surface area (Å²) in [6.07, 6.45) is 0. The molecule has 0 bridgehead atoms. The molecule has 4 nitrogen and oxygen atoms in total. The van der Waals surface area contributed by atoms with Crippen molar-refractivity contribution in [3.05, 3.63) is 40.6 Å². The van der Waals surface area contributed by atoms with Crippen molar-refractivity contribution >= 4 is 33.5 Å². The summed E-state index contributed by atoms with van der Waals surface area (Å²) < 4.78 is 6.15. The van der Waals surface area contributed by atoms with E-state index in [1.165, 1.54) is 0 Å². The van der Waals surface area contributed by atoms with Crippen LogP contribution in [0.5, 0.6) is 0 Å². The van der Waals surface area contributed by atoms with Crippen LogP contribution in [0.2, 0.25) is 0 Å². The Kier molecular flexibility index (Phi) is 5.18. The Hall–Kier alpha value is -1.11. The van der Waals surface area contributed by atoms with E-state index < -0.39 is 0 Å². The standard InChI is InChI=1S/C13H14BrN3OS/c1-15-11-7-13(17-12(16-11)8-18-2)19-10-5-3-9(14)4-6-10/h3-7H,8H2,1-2H3,(H,15,16,17). The number of nitrogens with one attached hydrogen (secondary N) is 1. The fraction of sp³-hybridized carbons (Fsp3) is 0.231. The van der Waals surface area contributed by atoms with E-state index in [1.54, 1.807) is 18.9 Å². The molecule has 2 aromatic rings. The molecule has 0 saturated carbocycles. The highest BCUT2D eigenvalue weighted by atomic mass is 79.9. The van der Waals surface area contributed by atoms with E-state index >= 15 is 0 Å². The van der Waals surface area contributed by atoms with Gasteiger partial charge < -0.3 is 10.1 Å². The summed E-state index contributed by atoms with van der Waals surface area (Å²) in [7, 11) is 3.48. The second-order valence-electron chi connectivity index (χ2n) is 3.75. The fourth-order valence-electron chi connectivity index (χ4n) is 1.47. The molecule has 1 heterocycles. The van der Waals surface area contributed by atoms with Gasteiger partial charge in [0.15, 0.2) is 5.82 Å². The molecule has 2 rings (SSSR count). The van der Waals surface area contributed by atoms with E-state index in [1.807, 2.05) is 37.4 Å². The third kappa shape index (κ3) is 4.19. The number of halogens is 1. The average molecular weight is 340 g/mol. The largest absolute Gasteiger partial charge is 0.377 e. The Morgan fingerprint density at radius 3 is 2.63 bits per heavy atom. The average Bonchev–Trinajstić information content (AvgIpc) is 2.41. The first-order chi connectivity index (χ1) is 9.21. The molecule has 0 spiro atoms. The zero-order valence-electron chi connectivity index (χ0n) is 10.7. The van der Waals surface area contributed by atoms with Crippen molar-refractivity contribution in [3.63, 3.8) is 0 Å². The lowest BCUT2D eigenvalue weighted by atomic mass is 10.4. The Bertz CT molecular complexity index is 548. The van der Waals surface area contributed by atoms with E-state index in [4.69, 9.17) is 4.74 Å². The number of hydrogen-bond acceptors (Lipinski definition) is 5. The first-order valence-corrected chi connectivity index (χ1v) is 7.30. The molecule has 19 heavy (non-hydrogen) atoms. The molecule has 100 valence electrons. The number of rotatable bonds is 5. The number of hydrogen-bond donors (Lipinski definition) is 1. The molecular weight excluding hydrogens is 326 g/mol. The predicted molar refractivity (Wildman–Crippen MR) is 80.6 cm³/mol. The van der Waals surface area contributed by atoms with Gasteiger partial charge in [-0.1, -0.05) is 27.7 Å². The molecule has 1 N–H and O–H groups in total. The van der Waals surface area contributed by atoms with Gasteiger partial charge in [-0.05, 0) is 24.3 Å². The molecule has 0 radical (unpaired) electrons. The quantitative estimate of drug-likeness (QED) is 0.843. The van der Waals surface area contributed by atoms with Gasteiger partial charge in [-0.15, -0.1) is 0 Å². The third-order valence-corrected chi connectivity index (χ3v) is 3.77. The van der Waals surface area contributed by atoms with E-state index in [0.29, 0.717) is 12.4 Å². The maximum absolute atomic E-state index is 5.08. The molecule has 0 aliphatic heterocycles. The van der Waals surface area contributed by atoms with Crippen LogP contribution in [0.25, 0.3) is 0 Å². The van der Waals surface area contributed by atoms with Gasteiger partial charge in [-0.3, -0.25) is 0 Å². The summed E-state index contributed by atoms with van der Waals surface area (Å²) in [5.74, 6) is 1.47. The van der Waals surface area contributed by atoms with E-state index in [2.05, 4.69) is 31.2 Å². The first-order valence-electron chi connectivity index (χ1n) is 5.69. The normalized spacial score (nSPS) is 10.5. The van der Waals surface area contributed by atoms with Crippen LogP contribution in [0.4, 0.5) is 5.82 Å². The maximum Gasteiger partial charge on any atom is 0.157 e. The lowest BCUT2D eigenvalue weighted by Crippen LogP contribution is -2.02. The van der Waals surface area contributed by atoms with Crippen LogP contribution in [0.1, 0.15) is 5.82 Å². The molecule has 0 aliphatic carbocycles. The Labute approximate surface area is 125 Å². The summed E-state index contributed by atoms with van der Waals surface area (Å²) in [5.41, 5.74) is 0. The van der Waals surface area contributed by atoms with Crippen molar-refractivity contribution < 1.29 is 4.74 Å². The Morgan fingerprint density at radius 1 is 1.26 bits per heavy atom.